The fraction of sp³-hybridized carbons (Fsp3) is 0.667. The van der Waals surface area contributed by atoms with Gasteiger partial charge in [-0.15, -0.1) is 0 Å². The zero-order chi connectivity index (χ0) is 13.8. The molecule has 1 saturated heterocycles. The predicted octanol–water partition coefficient (Wildman–Crippen LogP) is 4.08. The van der Waals surface area contributed by atoms with Crippen LogP contribution >= 0.6 is 0 Å². The first-order valence-corrected chi connectivity index (χ1v) is 8.25. The first kappa shape index (κ1) is 14.1. The highest BCUT2D eigenvalue weighted by atomic mass is 16.5. The van der Waals surface area contributed by atoms with Crippen LogP contribution in [0.3, 0.4) is 0 Å². The summed E-state index contributed by atoms with van der Waals surface area (Å²) in [4.78, 5) is 0. The molecule has 110 valence electrons. The van der Waals surface area contributed by atoms with Gasteiger partial charge in [0.15, 0.2) is 0 Å². The Morgan fingerprint density at radius 1 is 1.25 bits per heavy atom. The lowest BCUT2D eigenvalue weighted by molar-refractivity contribution is -0.0981. The van der Waals surface area contributed by atoms with Crippen molar-refractivity contribution < 1.29 is 4.74 Å². The summed E-state index contributed by atoms with van der Waals surface area (Å²) in [6, 6.07) is 11.4. The molecule has 0 bridgehead atoms. The fourth-order valence-corrected chi connectivity index (χ4v) is 4.15. The summed E-state index contributed by atoms with van der Waals surface area (Å²) in [5.74, 6) is 0.712. The summed E-state index contributed by atoms with van der Waals surface area (Å²) in [6.07, 6.45) is 7.68. The Balaban J connectivity index is 1.77. The lowest BCUT2D eigenvalue weighted by atomic mass is 9.78. The fourth-order valence-electron chi connectivity index (χ4n) is 4.15. The smallest absolute Gasteiger partial charge is 0.0686 e. The number of hydrogen-bond acceptors (Lipinski definition) is 2. The molecule has 1 saturated carbocycles. The van der Waals surface area contributed by atoms with Gasteiger partial charge in [-0.3, -0.25) is 0 Å². The van der Waals surface area contributed by atoms with E-state index in [-0.39, 0.29) is 5.60 Å². The average Bonchev–Trinajstić information content (AvgIpc) is 2.93. The van der Waals surface area contributed by atoms with Crippen molar-refractivity contribution in [3.8, 4) is 0 Å². The molecule has 3 rings (SSSR count). The van der Waals surface area contributed by atoms with Crippen LogP contribution in [0.25, 0.3) is 0 Å². The number of rotatable bonds is 4. The van der Waals surface area contributed by atoms with Crippen LogP contribution in [-0.2, 0) is 4.74 Å². The van der Waals surface area contributed by atoms with Gasteiger partial charge in [0, 0.05) is 12.6 Å². The van der Waals surface area contributed by atoms with Crippen molar-refractivity contribution in [1.29, 1.82) is 0 Å². The Morgan fingerprint density at radius 2 is 2.00 bits per heavy atom. The largest absolute Gasteiger partial charge is 0.375 e. The Hall–Kier alpha value is -0.860. The molecule has 0 radical (unpaired) electrons. The molecule has 2 nitrogen and oxygen atoms in total. The Labute approximate surface area is 122 Å². The normalized spacial score (nSPS) is 26.8. The Bertz CT molecular complexity index is 411. The zero-order valence-corrected chi connectivity index (χ0v) is 12.6. The molecule has 1 aliphatic carbocycles. The summed E-state index contributed by atoms with van der Waals surface area (Å²) in [7, 11) is 0. The molecule has 1 heterocycles. The molecule has 2 fully saturated rings. The van der Waals surface area contributed by atoms with Gasteiger partial charge in [0.05, 0.1) is 5.60 Å². The van der Waals surface area contributed by atoms with Crippen molar-refractivity contribution in [2.24, 2.45) is 5.92 Å². The molecule has 20 heavy (non-hydrogen) atoms. The second-order valence-electron chi connectivity index (χ2n) is 6.44. The minimum absolute atomic E-state index is 0.214. The molecule has 0 amide bonds. The van der Waals surface area contributed by atoms with Crippen LogP contribution in [0.4, 0.5) is 0 Å². The van der Waals surface area contributed by atoms with Gasteiger partial charge < -0.3 is 10.1 Å². The molecule has 1 spiro atoms. The highest BCUT2D eigenvalue weighted by Crippen LogP contribution is 2.45. The van der Waals surface area contributed by atoms with Gasteiger partial charge in [-0.25, -0.2) is 0 Å². The lowest BCUT2D eigenvalue weighted by Gasteiger charge is -2.41. The number of benzene rings is 1. The van der Waals surface area contributed by atoms with Gasteiger partial charge in [-0.2, -0.15) is 0 Å². The average molecular weight is 273 g/mol. The van der Waals surface area contributed by atoms with Gasteiger partial charge >= 0.3 is 0 Å². The van der Waals surface area contributed by atoms with E-state index in [1.54, 1.807) is 0 Å². The zero-order valence-electron chi connectivity index (χ0n) is 12.6. The third kappa shape index (κ3) is 2.91. The van der Waals surface area contributed by atoms with Crippen LogP contribution in [0.15, 0.2) is 30.3 Å². The monoisotopic (exact) mass is 273 g/mol. The second-order valence-corrected chi connectivity index (χ2v) is 6.44. The summed E-state index contributed by atoms with van der Waals surface area (Å²) < 4.78 is 6.19. The second kappa shape index (κ2) is 6.28. The molecule has 2 unspecified atom stereocenters. The van der Waals surface area contributed by atoms with Crippen molar-refractivity contribution in [3.63, 3.8) is 0 Å². The standard InChI is InChI=1S/C18H27NO/c1-2-19-17(15-8-4-3-5-9-15)16-10-13-20-18(14-16)11-6-7-12-18/h3-5,8-9,16-17,19H,2,6-7,10-14H2,1H3. The van der Waals surface area contributed by atoms with E-state index in [2.05, 4.69) is 42.6 Å². The van der Waals surface area contributed by atoms with Crippen LogP contribution in [0.2, 0.25) is 0 Å². The van der Waals surface area contributed by atoms with Crippen molar-refractivity contribution in [2.45, 2.75) is 57.1 Å². The topological polar surface area (TPSA) is 21.3 Å². The minimum Gasteiger partial charge on any atom is -0.375 e. The van der Waals surface area contributed by atoms with Gasteiger partial charge in [0.25, 0.3) is 0 Å². The SMILES string of the molecule is CCNC(c1ccccc1)C1CCOC2(CCCC2)C1. The Morgan fingerprint density at radius 3 is 2.70 bits per heavy atom. The molecule has 1 aromatic rings. The maximum atomic E-state index is 6.19. The minimum atomic E-state index is 0.214. The summed E-state index contributed by atoms with van der Waals surface area (Å²) in [6.45, 7) is 4.18. The van der Waals surface area contributed by atoms with Crippen LogP contribution < -0.4 is 5.32 Å². The van der Waals surface area contributed by atoms with Crippen LogP contribution in [0.1, 0.15) is 57.1 Å². The summed E-state index contributed by atoms with van der Waals surface area (Å²) in [5.41, 5.74) is 1.65. The molecule has 1 N–H and O–H groups in total. The molecule has 1 aliphatic heterocycles. The van der Waals surface area contributed by atoms with E-state index in [9.17, 15) is 0 Å². The first-order valence-electron chi connectivity index (χ1n) is 8.25. The molecule has 2 aliphatic rings. The van der Waals surface area contributed by atoms with E-state index < -0.39 is 0 Å². The van der Waals surface area contributed by atoms with E-state index in [1.165, 1.54) is 44.1 Å². The molecule has 2 heteroatoms. The van der Waals surface area contributed by atoms with Crippen LogP contribution in [-0.4, -0.2) is 18.8 Å². The third-order valence-corrected chi connectivity index (χ3v) is 5.10. The number of nitrogens with one attached hydrogen (secondary N) is 1. The molecule has 0 aromatic heterocycles. The van der Waals surface area contributed by atoms with Crippen molar-refractivity contribution in [3.05, 3.63) is 35.9 Å². The Kier molecular flexibility index (Phi) is 4.42. The van der Waals surface area contributed by atoms with E-state index >= 15 is 0 Å². The van der Waals surface area contributed by atoms with E-state index in [4.69, 9.17) is 4.74 Å². The lowest BCUT2D eigenvalue weighted by Crippen LogP contribution is -2.42. The highest BCUT2D eigenvalue weighted by molar-refractivity contribution is 5.20. The van der Waals surface area contributed by atoms with Crippen molar-refractivity contribution >= 4 is 0 Å². The van der Waals surface area contributed by atoms with Gasteiger partial charge in [-0.1, -0.05) is 50.1 Å². The highest BCUT2D eigenvalue weighted by Gasteiger charge is 2.42. The van der Waals surface area contributed by atoms with Crippen molar-refractivity contribution in [1.82, 2.24) is 5.32 Å². The van der Waals surface area contributed by atoms with E-state index in [0.717, 1.165) is 13.2 Å². The molecular formula is C18H27NO. The molecular weight excluding hydrogens is 246 g/mol. The first-order chi connectivity index (χ1) is 9.83. The van der Waals surface area contributed by atoms with Gasteiger partial charge in [0.1, 0.15) is 0 Å². The molecule has 1 aromatic carbocycles. The van der Waals surface area contributed by atoms with Gasteiger partial charge in [-0.05, 0) is 43.7 Å². The van der Waals surface area contributed by atoms with Gasteiger partial charge in [0.2, 0.25) is 0 Å². The van der Waals surface area contributed by atoms with E-state index in [1.807, 2.05) is 0 Å². The van der Waals surface area contributed by atoms with Crippen molar-refractivity contribution in [2.75, 3.05) is 13.2 Å². The van der Waals surface area contributed by atoms with E-state index in [0.29, 0.717) is 12.0 Å². The number of hydrogen-bond donors (Lipinski definition) is 1. The predicted molar refractivity (Wildman–Crippen MR) is 82.7 cm³/mol. The quantitative estimate of drug-likeness (QED) is 0.892. The summed E-state index contributed by atoms with van der Waals surface area (Å²) in [5, 5.41) is 3.72. The molecule has 2 atom stereocenters. The maximum Gasteiger partial charge on any atom is 0.0686 e. The maximum absolute atomic E-state index is 6.19. The van der Waals surface area contributed by atoms with Crippen LogP contribution in [0.5, 0.6) is 0 Å². The van der Waals surface area contributed by atoms with Crippen LogP contribution in [0, 0.1) is 5.92 Å². The third-order valence-electron chi connectivity index (χ3n) is 5.10. The number of ether oxygens (including phenoxy) is 1. The summed E-state index contributed by atoms with van der Waals surface area (Å²) >= 11 is 0.